The standard InChI is InChI=1S/C20H21N5O2.C8H10O.C3H8.C2H6O.CH2O/c1-21-20(27)24-18(13-15-5-3-2-4-6-15)19-22-11-12-25(19)17-9-7-16(8-10-17)23-14-26;1-7-5-3-4-6-8(7)9-2;2*1-3-2;1-2/h2-12,14,18H,13H2,1H3,(H,23,26)(H2,21,24,27);3-6H,1-2H3;3H2,1-2H3;1-2H3;1H2. The average Bonchev–Trinajstić information content (AvgIpc) is 3.54. The Morgan fingerprint density at radius 3 is 2.02 bits per heavy atom. The van der Waals surface area contributed by atoms with E-state index in [0.717, 1.165) is 22.8 Å². The molecule has 1 heterocycles. The summed E-state index contributed by atoms with van der Waals surface area (Å²) >= 11 is 0. The highest BCUT2D eigenvalue weighted by Crippen LogP contribution is 2.22. The Morgan fingerprint density at radius 1 is 0.955 bits per heavy atom. The Bertz CT molecular complexity index is 1290. The van der Waals surface area contributed by atoms with Crippen LogP contribution in [-0.2, 0) is 20.7 Å². The molecule has 0 fully saturated rings. The number of imidazole rings is 1. The van der Waals surface area contributed by atoms with Crippen molar-refractivity contribution in [1.82, 2.24) is 20.2 Å². The van der Waals surface area contributed by atoms with Crippen LogP contribution in [0.25, 0.3) is 5.69 Å². The van der Waals surface area contributed by atoms with Gasteiger partial charge in [0.2, 0.25) is 6.41 Å². The lowest BCUT2D eigenvalue weighted by Gasteiger charge is -2.20. The van der Waals surface area contributed by atoms with E-state index in [1.807, 2.05) is 103 Å². The molecule has 238 valence electrons. The van der Waals surface area contributed by atoms with Gasteiger partial charge in [-0.05, 0) is 54.8 Å². The molecule has 10 nitrogen and oxygen atoms in total. The average molecular weight is 606 g/mol. The third-order valence-electron chi connectivity index (χ3n) is 5.48. The van der Waals surface area contributed by atoms with Gasteiger partial charge in [0.1, 0.15) is 18.4 Å². The minimum atomic E-state index is -0.310. The van der Waals surface area contributed by atoms with E-state index in [2.05, 4.69) is 39.5 Å². The van der Waals surface area contributed by atoms with Crippen molar-refractivity contribution >= 4 is 24.9 Å². The molecule has 0 saturated heterocycles. The second-order valence-electron chi connectivity index (χ2n) is 9.02. The van der Waals surface area contributed by atoms with Gasteiger partial charge in [0.25, 0.3) is 0 Å². The number of urea groups is 1. The molecule has 3 N–H and O–H groups in total. The zero-order chi connectivity index (χ0) is 33.2. The lowest BCUT2D eigenvalue weighted by Crippen LogP contribution is -2.37. The fraction of sp³-hybridized carbons (Fsp3) is 0.294. The molecule has 0 saturated carbocycles. The number of para-hydroxylation sites is 1. The van der Waals surface area contributed by atoms with Gasteiger partial charge in [-0.25, -0.2) is 9.78 Å². The van der Waals surface area contributed by atoms with Gasteiger partial charge in [0.15, 0.2) is 0 Å². The Morgan fingerprint density at radius 2 is 1.52 bits per heavy atom. The highest BCUT2D eigenvalue weighted by Gasteiger charge is 2.20. The van der Waals surface area contributed by atoms with Crippen LogP contribution in [0.1, 0.15) is 43.3 Å². The number of ether oxygens (including phenoxy) is 2. The molecule has 0 spiro atoms. The highest BCUT2D eigenvalue weighted by atomic mass is 16.5. The van der Waals surface area contributed by atoms with E-state index < -0.39 is 0 Å². The van der Waals surface area contributed by atoms with Crippen molar-refractivity contribution in [3.63, 3.8) is 0 Å². The van der Waals surface area contributed by atoms with E-state index in [-0.39, 0.29) is 12.1 Å². The zero-order valence-electron chi connectivity index (χ0n) is 26.9. The van der Waals surface area contributed by atoms with Crippen molar-refractivity contribution < 1.29 is 23.9 Å². The summed E-state index contributed by atoms with van der Waals surface area (Å²) in [6, 6.07) is 24.7. The number of rotatable bonds is 8. The maximum absolute atomic E-state index is 12.0. The first-order chi connectivity index (χ1) is 21.4. The van der Waals surface area contributed by atoms with Crippen LogP contribution in [0.3, 0.4) is 0 Å². The Hall–Kier alpha value is -4.96. The fourth-order valence-electron chi connectivity index (χ4n) is 3.65. The molecule has 4 rings (SSSR count). The lowest BCUT2D eigenvalue weighted by molar-refractivity contribution is -0.105. The maximum Gasteiger partial charge on any atom is 0.315 e. The topological polar surface area (TPSA) is 124 Å². The molecule has 4 aromatic rings. The van der Waals surface area contributed by atoms with Gasteiger partial charge in [-0.15, -0.1) is 0 Å². The van der Waals surface area contributed by atoms with Crippen molar-refractivity contribution in [2.45, 2.75) is 39.7 Å². The lowest BCUT2D eigenvalue weighted by atomic mass is 10.1. The number of anilines is 1. The first-order valence-corrected chi connectivity index (χ1v) is 14.0. The van der Waals surface area contributed by atoms with Gasteiger partial charge in [-0.1, -0.05) is 68.8 Å². The molecule has 3 amide bonds. The van der Waals surface area contributed by atoms with Crippen LogP contribution in [-0.4, -0.2) is 57.2 Å². The monoisotopic (exact) mass is 605 g/mol. The molecule has 10 heteroatoms. The van der Waals surface area contributed by atoms with Gasteiger partial charge >= 0.3 is 6.03 Å². The number of hydrogen-bond acceptors (Lipinski definition) is 6. The summed E-state index contributed by atoms with van der Waals surface area (Å²) in [5, 5.41) is 8.18. The van der Waals surface area contributed by atoms with Gasteiger partial charge in [-0.2, -0.15) is 0 Å². The summed E-state index contributed by atoms with van der Waals surface area (Å²) in [5.74, 6) is 1.68. The number of hydrogen-bond donors (Lipinski definition) is 3. The van der Waals surface area contributed by atoms with Gasteiger partial charge in [-0.3, -0.25) is 4.79 Å². The van der Waals surface area contributed by atoms with E-state index in [1.165, 1.54) is 12.0 Å². The van der Waals surface area contributed by atoms with Crippen molar-refractivity contribution in [2.75, 3.05) is 33.7 Å². The summed E-state index contributed by atoms with van der Waals surface area (Å²) in [6.45, 7) is 8.28. The molecule has 0 radical (unpaired) electrons. The van der Waals surface area contributed by atoms with Crippen LogP contribution >= 0.6 is 0 Å². The fourth-order valence-corrected chi connectivity index (χ4v) is 3.65. The van der Waals surface area contributed by atoms with Crippen LogP contribution in [0.2, 0.25) is 0 Å². The third-order valence-corrected chi connectivity index (χ3v) is 5.48. The Kier molecular flexibility index (Phi) is 21.8. The summed E-state index contributed by atoms with van der Waals surface area (Å²) in [4.78, 5) is 35.0. The summed E-state index contributed by atoms with van der Waals surface area (Å²) in [7, 11) is 6.52. The second-order valence-corrected chi connectivity index (χ2v) is 9.02. The zero-order valence-corrected chi connectivity index (χ0v) is 26.9. The number of aromatic nitrogens is 2. The van der Waals surface area contributed by atoms with Crippen molar-refractivity contribution in [2.24, 2.45) is 0 Å². The SMILES string of the molecule is C=O.CCC.CNC(=O)NC(Cc1ccccc1)c1nccn1-c1ccc(NC=O)cc1.COC.COc1ccccc1C. The molecular formula is C34H47N5O5. The number of benzene rings is 3. The predicted molar refractivity (Wildman–Crippen MR) is 177 cm³/mol. The quantitative estimate of drug-likeness (QED) is 0.207. The molecule has 3 aromatic carbocycles. The van der Waals surface area contributed by atoms with Crippen LogP contribution in [0.15, 0.2) is 91.3 Å². The highest BCUT2D eigenvalue weighted by molar-refractivity contribution is 5.74. The molecule has 1 aromatic heterocycles. The van der Waals surface area contributed by atoms with Crippen molar-refractivity contribution in [1.29, 1.82) is 0 Å². The molecule has 1 atom stereocenters. The van der Waals surface area contributed by atoms with Gasteiger partial charge in [0.05, 0.1) is 13.2 Å². The van der Waals surface area contributed by atoms with E-state index in [4.69, 9.17) is 9.53 Å². The largest absolute Gasteiger partial charge is 0.496 e. The molecule has 0 bridgehead atoms. The number of aryl methyl sites for hydroxylation is 1. The van der Waals surface area contributed by atoms with Crippen LogP contribution in [0.5, 0.6) is 5.75 Å². The number of amides is 3. The van der Waals surface area contributed by atoms with Gasteiger partial charge < -0.3 is 34.8 Å². The van der Waals surface area contributed by atoms with E-state index >= 15 is 0 Å². The number of carbonyl (C=O) groups is 3. The minimum Gasteiger partial charge on any atom is -0.496 e. The molecule has 44 heavy (non-hydrogen) atoms. The normalized spacial score (nSPS) is 9.80. The van der Waals surface area contributed by atoms with Crippen molar-refractivity contribution in [3.05, 3.63) is 108 Å². The summed E-state index contributed by atoms with van der Waals surface area (Å²) in [5.41, 5.74) is 3.87. The number of methoxy groups -OCH3 is 2. The maximum atomic E-state index is 12.0. The Balaban J connectivity index is 0.000000896. The smallest absolute Gasteiger partial charge is 0.315 e. The molecule has 0 aliphatic carbocycles. The number of nitrogens with zero attached hydrogens (tertiary/aromatic N) is 2. The second kappa shape index (κ2) is 24.6. The molecular weight excluding hydrogens is 558 g/mol. The Labute approximate surface area is 261 Å². The van der Waals surface area contributed by atoms with E-state index in [1.54, 1.807) is 34.6 Å². The molecule has 0 aliphatic heterocycles. The summed E-state index contributed by atoms with van der Waals surface area (Å²) < 4.78 is 11.2. The van der Waals surface area contributed by atoms with Crippen molar-refractivity contribution in [3.8, 4) is 11.4 Å². The first kappa shape index (κ1) is 39.0. The predicted octanol–water partition coefficient (Wildman–Crippen LogP) is 6.15. The molecule has 1 unspecified atom stereocenters. The van der Waals surface area contributed by atoms with E-state index in [9.17, 15) is 9.59 Å². The van der Waals surface area contributed by atoms with Crippen LogP contribution < -0.4 is 20.7 Å². The first-order valence-electron chi connectivity index (χ1n) is 14.0. The third kappa shape index (κ3) is 14.8. The number of carbonyl (C=O) groups excluding carboxylic acids is 3. The minimum absolute atomic E-state index is 0.268. The molecule has 0 aliphatic rings. The summed E-state index contributed by atoms with van der Waals surface area (Å²) in [6.07, 6.45) is 6.05. The van der Waals surface area contributed by atoms with Crippen LogP contribution in [0.4, 0.5) is 10.5 Å². The van der Waals surface area contributed by atoms with Gasteiger partial charge in [0, 0.05) is 45.0 Å². The number of nitrogens with one attached hydrogen (secondary N) is 3. The van der Waals surface area contributed by atoms with E-state index in [0.29, 0.717) is 18.5 Å². The van der Waals surface area contributed by atoms with Crippen LogP contribution in [0, 0.1) is 6.92 Å².